The molecule has 1 aliphatic rings. The van der Waals surface area contributed by atoms with Gasteiger partial charge in [-0.05, 0) is 30.7 Å². The van der Waals surface area contributed by atoms with Gasteiger partial charge in [0.1, 0.15) is 0 Å². The summed E-state index contributed by atoms with van der Waals surface area (Å²) in [7, 11) is 0. The highest BCUT2D eigenvalue weighted by Crippen LogP contribution is 2.32. The minimum absolute atomic E-state index is 0.809. The van der Waals surface area contributed by atoms with E-state index in [0.29, 0.717) is 0 Å². The van der Waals surface area contributed by atoms with Gasteiger partial charge < -0.3 is 5.73 Å². The van der Waals surface area contributed by atoms with Gasteiger partial charge in [-0.15, -0.1) is 0 Å². The Morgan fingerprint density at radius 1 is 1.30 bits per heavy atom. The maximum absolute atomic E-state index is 5.66. The molecule has 0 spiro atoms. The van der Waals surface area contributed by atoms with Crippen LogP contribution < -0.4 is 5.73 Å². The summed E-state index contributed by atoms with van der Waals surface area (Å²) in [6.07, 6.45) is 4.17. The predicted octanol–water partition coefficient (Wildman–Crippen LogP) is 2.02. The Labute approximate surface area is 64.0 Å². The number of hydrogen-bond acceptors (Lipinski definition) is 1. The molecule has 0 bridgehead atoms. The summed E-state index contributed by atoms with van der Waals surface area (Å²) in [5.41, 5.74) is 5.66. The third-order valence-electron chi connectivity index (χ3n) is 2.93. The Kier molecular flexibility index (Phi) is 2.72. The van der Waals surface area contributed by atoms with Crippen LogP contribution in [-0.4, -0.2) is 6.54 Å². The lowest BCUT2D eigenvalue weighted by Gasteiger charge is -2.31. The molecule has 10 heavy (non-hydrogen) atoms. The summed E-state index contributed by atoms with van der Waals surface area (Å²) in [4.78, 5) is 0. The maximum Gasteiger partial charge on any atom is -0.00462 e. The summed E-state index contributed by atoms with van der Waals surface area (Å²) in [5.74, 6) is 2.61. The molecule has 0 radical (unpaired) electrons. The van der Waals surface area contributed by atoms with E-state index in [1.54, 1.807) is 0 Å². The van der Waals surface area contributed by atoms with E-state index in [-0.39, 0.29) is 0 Å². The van der Waals surface area contributed by atoms with Crippen LogP contribution in [0.4, 0.5) is 0 Å². The monoisotopic (exact) mass is 141 g/mol. The van der Waals surface area contributed by atoms with Gasteiger partial charge in [0.25, 0.3) is 0 Å². The molecule has 3 unspecified atom stereocenters. The van der Waals surface area contributed by atoms with E-state index in [1.165, 1.54) is 19.3 Å². The Morgan fingerprint density at radius 3 is 2.50 bits per heavy atom. The van der Waals surface area contributed by atoms with Crippen molar-refractivity contribution < 1.29 is 0 Å². The highest BCUT2D eigenvalue weighted by molar-refractivity contribution is 4.76. The van der Waals surface area contributed by atoms with Gasteiger partial charge in [0.05, 0.1) is 0 Å². The fraction of sp³-hybridized carbons (Fsp3) is 1.00. The molecular formula is C9H19N. The van der Waals surface area contributed by atoms with E-state index in [0.717, 1.165) is 24.3 Å². The Morgan fingerprint density at radius 2 is 2.00 bits per heavy atom. The van der Waals surface area contributed by atoms with E-state index < -0.39 is 0 Å². The van der Waals surface area contributed by atoms with Crippen LogP contribution in [0.1, 0.15) is 33.1 Å². The van der Waals surface area contributed by atoms with Crippen molar-refractivity contribution >= 4 is 0 Å². The fourth-order valence-corrected chi connectivity index (χ4v) is 1.98. The van der Waals surface area contributed by atoms with Crippen LogP contribution in [-0.2, 0) is 0 Å². The van der Waals surface area contributed by atoms with Gasteiger partial charge in [0.15, 0.2) is 0 Å². The molecule has 60 valence electrons. The number of hydrogen-bond donors (Lipinski definition) is 1. The van der Waals surface area contributed by atoms with Crippen molar-refractivity contribution in [1.82, 2.24) is 0 Å². The predicted molar refractivity (Wildman–Crippen MR) is 44.7 cm³/mol. The average molecular weight is 141 g/mol. The zero-order valence-corrected chi connectivity index (χ0v) is 7.14. The molecule has 1 saturated carbocycles. The molecule has 1 heteroatoms. The molecule has 3 atom stereocenters. The molecule has 0 aliphatic heterocycles. The third kappa shape index (κ3) is 1.72. The van der Waals surface area contributed by atoms with Gasteiger partial charge in [0.2, 0.25) is 0 Å². The van der Waals surface area contributed by atoms with E-state index in [1.807, 2.05) is 0 Å². The van der Waals surface area contributed by atoms with Crippen LogP contribution in [0.5, 0.6) is 0 Å². The second-order valence-electron chi connectivity index (χ2n) is 3.89. The molecule has 0 amide bonds. The minimum Gasteiger partial charge on any atom is -0.330 e. The molecule has 1 aliphatic carbocycles. The first-order valence-electron chi connectivity index (χ1n) is 4.44. The van der Waals surface area contributed by atoms with Crippen LogP contribution in [0.15, 0.2) is 0 Å². The van der Waals surface area contributed by atoms with Crippen molar-refractivity contribution in [3.05, 3.63) is 0 Å². The topological polar surface area (TPSA) is 26.0 Å². The summed E-state index contributed by atoms with van der Waals surface area (Å²) >= 11 is 0. The normalized spacial score (nSPS) is 41.7. The Hall–Kier alpha value is -0.0400. The summed E-state index contributed by atoms with van der Waals surface area (Å²) in [6, 6.07) is 0. The van der Waals surface area contributed by atoms with Crippen LogP contribution in [0.2, 0.25) is 0 Å². The first kappa shape index (κ1) is 8.06. The number of nitrogens with two attached hydrogens (primary N) is 1. The summed E-state index contributed by atoms with van der Waals surface area (Å²) in [6.45, 7) is 5.57. The van der Waals surface area contributed by atoms with Crippen LogP contribution >= 0.6 is 0 Å². The van der Waals surface area contributed by atoms with Crippen molar-refractivity contribution in [2.24, 2.45) is 23.5 Å². The summed E-state index contributed by atoms with van der Waals surface area (Å²) < 4.78 is 0. The lowest BCUT2D eigenvalue weighted by Crippen LogP contribution is -2.27. The molecular weight excluding hydrogens is 122 g/mol. The molecule has 0 aromatic rings. The standard InChI is InChI=1S/C9H19N/c1-7-3-4-8(2)9(5-7)6-10/h7-9H,3-6,10H2,1-2H3. The van der Waals surface area contributed by atoms with Crippen LogP contribution in [0, 0.1) is 17.8 Å². The zero-order valence-electron chi connectivity index (χ0n) is 7.14. The first-order valence-corrected chi connectivity index (χ1v) is 4.44. The zero-order chi connectivity index (χ0) is 7.56. The van der Waals surface area contributed by atoms with Crippen molar-refractivity contribution in [3.8, 4) is 0 Å². The van der Waals surface area contributed by atoms with Crippen LogP contribution in [0.25, 0.3) is 0 Å². The first-order chi connectivity index (χ1) is 4.74. The molecule has 0 aromatic carbocycles. The van der Waals surface area contributed by atoms with E-state index in [9.17, 15) is 0 Å². The molecule has 1 nitrogen and oxygen atoms in total. The molecule has 2 N–H and O–H groups in total. The van der Waals surface area contributed by atoms with Gasteiger partial charge >= 0.3 is 0 Å². The minimum atomic E-state index is 0.809. The molecule has 1 rings (SSSR count). The second-order valence-corrected chi connectivity index (χ2v) is 3.89. The Balaban J connectivity index is 2.38. The lowest BCUT2D eigenvalue weighted by atomic mass is 9.76. The van der Waals surface area contributed by atoms with E-state index in [4.69, 9.17) is 5.73 Å². The highest BCUT2D eigenvalue weighted by atomic mass is 14.6. The maximum atomic E-state index is 5.66. The fourth-order valence-electron chi connectivity index (χ4n) is 1.98. The average Bonchev–Trinajstić information content (AvgIpc) is 1.94. The number of rotatable bonds is 1. The quantitative estimate of drug-likeness (QED) is 0.594. The van der Waals surface area contributed by atoms with E-state index in [2.05, 4.69) is 13.8 Å². The van der Waals surface area contributed by atoms with Gasteiger partial charge in [-0.1, -0.05) is 26.7 Å². The smallest absolute Gasteiger partial charge is 0.00462 e. The van der Waals surface area contributed by atoms with Gasteiger partial charge in [-0.3, -0.25) is 0 Å². The van der Waals surface area contributed by atoms with Crippen molar-refractivity contribution in [2.45, 2.75) is 33.1 Å². The van der Waals surface area contributed by atoms with Gasteiger partial charge in [-0.2, -0.15) is 0 Å². The highest BCUT2D eigenvalue weighted by Gasteiger charge is 2.23. The SMILES string of the molecule is CC1CCC(C)C(CN)C1. The Bertz CT molecular complexity index is 101. The van der Waals surface area contributed by atoms with Gasteiger partial charge in [-0.25, -0.2) is 0 Å². The second kappa shape index (κ2) is 3.38. The third-order valence-corrected chi connectivity index (χ3v) is 2.93. The van der Waals surface area contributed by atoms with Gasteiger partial charge in [0, 0.05) is 0 Å². The van der Waals surface area contributed by atoms with Crippen LogP contribution in [0.3, 0.4) is 0 Å². The largest absolute Gasteiger partial charge is 0.330 e. The molecule has 0 saturated heterocycles. The summed E-state index contributed by atoms with van der Waals surface area (Å²) in [5, 5.41) is 0. The van der Waals surface area contributed by atoms with Crippen molar-refractivity contribution in [1.29, 1.82) is 0 Å². The molecule has 0 aromatic heterocycles. The molecule has 1 fully saturated rings. The van der Waals surface area contributed by atoms with Crippen molar-refractivity contribution in [2.75, 3.05) is 6.54 Å². The molecule has 0 heterocycles. The van der Waals surface area contributed by atoms with E-state index >= 15 is 0 Å². The van der Waals surface area contributed by atoms with Crippen molar-refractivity contribution in [3.63, 3.8) is 0 Å². The lowest BCUT2D eigenvalue weighted by molar-refractivity contribution is 0.210.